The van der Waals surface area contributed by atoms with Gasteiger partial charge in [0, 0.05) is 9.99 Å². The fourth-order valence-electron chi connectivity index (χ4n) is 1.70. The normalized spacial score (nSPS) is 10.2. The lowest BCUT2D eigenvalue weighted by atomic mass is 9.79. The van der Waals surface area contributed by atoms with Crippen molar-refractivity contribution in [2.75, 3.05) is 0 Å². The average molecular weight is 296 g/mol. The van der Waals surface area contributed by atoms with Crippen LogP contribution in [0.15, 0.2) is 42.5 Å². The van der Waals surface area contributed by atoms with Gasteiger partial charge in [0.05, 0.1) is 5.02 Å². The van der Waals surface area contributed by atoms with Gasteiger partial charge in [-0.15, -0.1) is 0 Å². The first kappa shape index (κ1) is 14.6. The molecule has 7 heteroatoms. The molecule has 0 radical (unpaired) electrons. The molecule has 0 aliphatic heterocycles. The maximum absolute atomic E-state index is 12.7. The summed E-state index contributed by atoms with van der Waals surface area (Å²) in [6, 6.07) is 11.8. The fraction of sp³-hybridized carbons (Fsp3) is 0.0769. The van der Waals surface area contributed by atoms with Crippen LogP contribution < -0.4 is 15.1 Å². The number of hydrogen-bond donors (Lipinski definition) is 2. The molecular weight excluding hydrogens is 285 g/mol. The topological polar surface area (TPSA) is 58.9 Å². The highest BCUT2D eigenvalue weighted by Gasteiger charge is 2.24. The highest BCUT2D eigenvalue weighted by molar-refractivity contribution is 6.60. The first-order chi connectivity index (χ1) is 9.63. The number of rotatable bonds is 5. The van der Waals surface area contributed by atoms with Gasteiger partial charge in [-0.05, 0) is 11.6 Å². The predicted molar refractivity (Wildman–Crippen MR) is 73.8 cm³/mol. The number of hydrogen-bond acceptors (Lipinski definition) is 4. The van der Waals surface area contributed by atoms with Gasteiger partial charge in [-0.3, -0.25) is 4.94 Å². The molecule has 2 N–H and O–H groups in total. The predicted octanol–water partition coefficient (Wildman–Crippen LogP) is 1.86. The van der Waals surface area contributed by atoms with Gasteiger partial charge in [-0.1, -0.05) is 48.0 Å². The molecule has 4 nitrogen and oxygen atoms in total. The standard InChI is InChI=1S/C13H11BClFO4/c15-11-7-6-10(14(17)18)12(20-16)13(11)19-8-9-4-2-1-3-5-9/h1-7,17-18H,8H2. The second-order valence-electron chi connectivity index (χ2n) is 4.02. The van der Waals surface area contributed by atoms with E-state index in [-0.39, 0.29) is 22.8 Å². The van der Waals surface area contributed by atoms with Gasteiger partial charge in [0.1, 0.15) is 6.61 Å². The number of benzene rings is 2. The first-order valence-corrected chi connectivity index (χ1v) is 6.15. The molecule has 0 amide bonds. The maximum atomic E-state index is 12.7. The van der Waals surface area contributed by atoms with E-state index in [1.807, 2.05) is 30.3 Å². The third-order valence-electron chi connectivity index (χ3n) is 2.68. The van der Waals surface area contributed by atoms with Crippen molar-refractivity contribution in [2.45, 2.75) is 6.61 Å². The van der Waals surface area contributed by atoms with Crippen LogP contribution in [0.1, 0.15) is 5.56 Å². The third kappa shape index (κ3) is 3.22. The molecular formula is C13H11BClFO4. The van der Waals surface area contributed by atoms with E-state index in [2.05, 4.69) is 4.94 Å². The SMILES string of the molecule is OB(O)c1ccc(Cl)c(OCc2ccccc2)c1OF. The molecule has 0 heterocycles. The highest BCUT2D eigenvalue weighted by atomic mass is 35.5. The van der Waals surface area contributed by atoms with Crippen LogP contribution in [0.2, 0.25) is 5.02 Å². The van der Waals surface area contributed by atoms with Crippen molar-refractivity contribution in [3.05, 3.63) is 53.1 Å². The Morgan fingerprint density at radius 1 is 1.05 bits per heavy atom. The van der Waals surface area contributed by atoms with Gasteiger partial charge in [-0.25, -0.2) is 0 Å². The Bertz CT molecular complexity index is 580. The van der Waals surface area contributed by atoms with Crippen LogP contribution in [-0.4, -0.2) is 17.2 Å². The zero-order valence-electron chi connectivity index (χ0n) is 10.3. The van der Waals surface area contributed by atoms with Gasteiger partial charge in [-0.2, -0.15) is 0 Å². The summed E-state index contributed by atoms with van der Waals surface area (Å²) in [6.07, 6.45) is 0. The zero-order chi connectivity index (χ0) is 14.5. The van der Waals surface area contributed by atoms with Crippen LogP contribution in [0.4, 0.5) is 4.53 Å². The van der Waals surface area contributed by atoms with Gasteiger partial charge in [0.2, 0.25) is 5.75 Å². The monoisotopic (exact) mass is 296 g/mol. The maximum Gasteiger partial charge on any atom is 0.492 e. The molecule has 0 aliphatic carbocycles. The second kappa shape index (κ2) is 6.61. The van der Waals surface area contributed by atoms with Crippen molar-refractivity contribution in [2.24, 2.45) is 0 Å². The Hall–Kier alpha value is -1.76. The smallest absolute Gasteiger partial charge is 0.483 e. The van der Waals surface area contributed by atoms with Crippen LogP contribution in [0, 0.1) is 0 Å². The Kier molecular flexibility index (Phi) is 4.84. The van der Waals surface area contributed by atoms with Crippen molar-refractivity contribution in [3.63, 3.8) is 0 Å². The molecule has 104 valence electrons. The van der Waals surface area contributed by atoms with E-state index in [1.54, 1.807) is 0 Å². The molecule has 0 aromatic heterocycles. The molecule has 0 fully saturated rings. The van der Waals surface area contributed by atoms with E-state index < -0.39 is 12.9 Å². The lowest BCUT2D eigenvalue weighted by molar-refractivity contribution is -0.00874. The highest BCUT2D eigenvalue weighted by Crippen LogP contribution is 2.34. The lowest BCUT2D eigenvalue weighted by Crippen LogP contribution is -2.31. The summed E-state index contributed by atoms with van der Waals surface area (Å²) in [6.45, 7) is 0.141. The molecule has 2 aromatic carbocycles. The van der Waals surface area contributed by atoms with E-state index in [0.717, 1.165) is 5.56 Å². The minimum atomic E-state index is -1.89. The first-order valence-electron chi connectivity index (χ1n) is 5.77. The summed E-state index contributed by atoms with van der Waals surface area (Å²) in [5, 5.41) is 18.4. The van der Waals surface area contributed by atoms with E-state index in [1.165, 1.54) is 12.1 Å². The fourth-order valence-corrected chi connectivity index (χ4v) is 1.90. The van der Waals surface area contributed by atoms with Crippen LogP contribution in [0.5, 0.6) is 11.5 Å². The molecule has 0 saturated heterocycles. The third-order valence-corrected chi connectivity index (χ3v) is 2.97. The minimum absolute atomic E-state index is 0.0800. The summed E-state index contributed by atoms with van der Waals surface area (Å²) < 4.78 is 18.1. The Morgan fingerprint density at radius 2 is 1.75 bits per heavy atom. The van der Waals surface area contributed by atoms with E-state index in [4.69, 9.17) is 26.4 Å². The van der Waals surface area contributed by atoms with Crippen LogP contribution in [0.25, 0.3) is 0 Å². The summed E-state index contributed by atoms with van der Waals surface area (Å²) in [7, 11) is -1.89. The number of halogens is 2. The second-order valence-corrected chi connectivity index (χ2v) is 4.43. The molecule has 0 spiro atoms. The van der Waals surface area contributed by atoms with Gasteiger partial charge >= 0.3 is 7.12 Å². The molecule has 0 aliphatic rings. The molecule has 0 unspecified atom stereocenters. The van der Waals surface area contributed by atoms with E-state index in [0.29, 0.717) is 0 Å². The lowest BCUT2D eigenvalue weighted by Gasteiger charge is -2.13. The van der Waals surface area contributed by atoms with Crippen molar-refractivity contribution in [1.82, 2.24) is 0 Å². The van der Waals surface area contributed by atoms with Crippen molar-refractivity contribution < 1.29 is 24.3 Å². The Morgan fingerprint density at radius 3 is 2.35 bits per heavy atom. The summed E-state index contributed by atoms with van der Waals surface area (Å²) in [5.41, 5.74) is 0.684. The Balaban J connectivity index is 2.28. The molecule has 2 rings (SSSR count). The zero-order valence-corrected chi connectivity index (χ0v) is 11.0. The molecule has 0 bridgehead atoms. The van der Waals surface area contributed by atoms with E-state index in [9.17, 15) is 4.53 Å². The van der Waals surface area contributed by atoms with Gasteiger partial charge in [0.25, 0.3) is 0 Å². The minimum Gasteiger partial charge on any atom is -0.483 e. The largest absolute Gasteiger partial charge is 0.492 e. The van der Waals surface area contributed by atoms with Crippen molar-refractivity contribution in [1.29, 1.82) is 0 Å². The number of ether oxygens (including phenoxy) is 1. The van der Waals surface area contributed by atoms with Crippen molar-refractivity contribution >= 4 is 24.2 Å². The average Bonchev–Trinajstić information content (AvgIpc) is 2.46. The van der Waals surface area contributed by atoms with Gasteiger partial charge < -0.3 is 14.8 Å². The summed E-state index contributed by atoms with van der Waals surface area (Å²) >= 11 is 5.92. The van der Waals surface area contributed by atoms with Gasteiger partial charge in [0.15, 0.2) is 5.75 Å². The van der Waals surface area contributed by atoms with Crippen LogP contribution in [0.3, 0.4) is 0 Å². The van der Waals surface area contributed by atoms with E-state index >= 15 is 0 Å². The quantitative estimate of drug-likeness (QED) is 0.827. The van der Waals surface area contributed by atoms with Crippen LogP contribution in [-0.2, 0) is 6.61 Å². The molecule has 20 heavy (non-hydrogen) atoms. The van der Waals surface area contributed by atoms with Crippen molar-refractivity contribution in [3.8, 4) is 11.5 Å². The summed E-state index contributed by atoms with van der Waals surface area (Å²) in [5.74, 6) is -0.521. The summed E-state index contributed by atoms with van der Waals surface area (Å²) in [4.78, 5) is 3.68. The molecule has 2 aromatic rings. The van der Waals surface area contributed by atoms with Crippen LogP contribution >= 0.6 is 11.6 Å². The molecule has 0 atom stereocenters. The molecule has 0 saturated carbocycles. The Labute approximate surface area is 120 Å².